The van der Waals surface area contributed by atoms with Crippen molar-refractivity contribution < 1.29 is 15.3 Å². The van der Waals surface area contributed by atoms with E-state index in [0.717, 1.165) is 102 Å². The van der Waals surface area contributed by atoms with Gasteiger partial charge in [0.05, 0.1) is 0 Å². The van der Waals surface area contributed by atoms with Gasteiger partial charge in [-0.15, -0.1) is 0 Å². The molecule has 0 radical (unpaired) electrons. The zero-order valence-electron chi connectivity index (χ0n) is 26.8. The van der Waals surface area contributed by atoms with Crippen molar-refractivity contribution in [1.29, 1.82) is 0 Å². The zero-order chi connectivity index (χ0) is 31.8. The third-order valence-electron chi connectivity index (χ3n) is 8.71. The molecule has 9 heteroatoms. The van der Waals surface area contributed by atoms with E-state index < -0.39 is 0 Å². The molecule has 3 aromatic carbocycles. The molecule has 0 saturated carbocycles. The van der Waals surface area contributed by atoms with E-state index in [1.165, 1.54) is 0 Å². The van der Waals surface area contributed by atoms with E-state index in [-0.39, 0.29) is 11.5 Å². The van der Waals surface area contributed by atoms with Crippen LogP contribution in [0.1, 0.15) is 62.9 Å². The van der Waals surface area contributed by atoms with Crippen molar-refractivity contribution in [3.8, 4) is 17.2 Å². The van der Waals surface area contributed by atoms with Gasteiger partial charge in [0.25, 0.3) is 0 Å². The Morgan fingerprint density at radius 1 is 0.455 bits per heavy atom. The van der Waals surface area contributed by atoms with Crippen LogP contribution in [0.3, 0.4) is 0 Å². The lowest BCUT2D eigenvalue weighted by Gasteiger charge is -2.28. The molecule has 0 unspecified atom stereocenters. The van der Waals surface area contributed by atoms with E-state index in [1.807, 2.05) is 39.0 Å². The number of nitrogens with two attached hydrogens (primary N) is 3. The fourth-order valence-electron chi connectivity index (χ4n) is 6.48. The molecule has 240 valence electrons. The molecule has 0 aliphatic carbocycles. The maximum atomic E-state index is 11.0. The number of aryl methyl sites for hydroxylation is 3. The highest BCUT2D eigenvalue weighted by atomic mass is 16.3. The fourth-order valence-corrected chi connectivity index (χ4v) is 6.48. The van der Waals surface area contributed by atoms with Crippen LogP contribution in [0, 0.1) is 20.8 Å². The highest BCUT2D eigenvalue weighted by molar-refractivity contribution is 5.45. The van der Waals surface area contributed by atoms with Gasteiger partial charge in [0.1, 0.15) is 17.2 Å². The number of hydrogen-bond donors (Lipinski definition) is 6. The molecule has 0 atom stereocenters. The maximum absolute atomic E-state index is 11.0. The van der Waals surface area contributed by atoms with Crippen LogP contribution in [0.15, 0.2) is 36.4 Å². The molecular weight excluding hydrogens is 552 g/mol. The molecule has 1 saturated heterocycles. The monoisotopic (exact) mass is 604 g/mol. The lowest BCUT2D eigenvalue weighted by Crippen LogP contribution is -2.36. The van der Waals surface area contributed by atoms with Gasteiger partial charge in [0, 0.05) is 85.7 Å². The van der Waals surface area contributed by atoms with Gasteiger partial charge in [0.15, 0.2) is 0 Å². The van der Waals surface area contributed by atoms with Crippen LogP contribution in [0.4, 0.5) is 0 Å². The highest BCUT2D eigenvalue weighted by Crippen LogP contribution is 2.29. The molecule has 1 heterocycles. The van der Waals surface area contributed by atoms with Crippen LogP contribution in [0.2, 0.25) is 0 Å². The lowest BCUT2D eigenvalue weighted by atomic mass is 10.0. The second-order valence-corrected chi connectivity index (χ2v) is 12.4. The van der Waals surface area contributed by atoms with Crippen molar-refractivity contribution in [1.82, 2.24) is 14.7 Å². The number of rotatable bonds is 9. The van der Waals surface area contributed by atoms with Crippen molar-refractivity contribution in [2.24, 2.45) is 17.2 Å². The number of hydrogen-bond acceptors (Lipinski definition) is 9. The van der Waals surface area contributed by atoms with E-state index in [9.17, 15) is 15.3 Å². The molecular formula is C35H52N6O3. The predicted molar refractivity (Wildman–Crippen MR) is 177 cm³/mol. The summed E-state index contributed by atoms with van der Waals surface area (Å²) in [5, 5.41) is 32.9. The van der Waals surface area contributed by atoms with Crippen LogP contribution in [-0.2, 0) is 39.3 Å². The summed E-state index contributed by atoms with van der Waals surface area (Å²) < 4.78 is 0. The third-order valence-corrected chi connectivity index (χ3v) is 8.71. The smallest absolute Gasteiger partial charge is 0.124 e. The van der Waals surface area contributed by atoms with Gasteiger partial charge in [-0.25, -0.2) is 0 Å². The minimum absolute atomic E-state index is 0.288. The third kappa shape index (κ3) is 8.72. The Bertz CT molecular complexity index is 1340. The van der Waals surface area contributed by atoms with Gasteiger partial charge in [-0.2, -0.15) is 0 Å². The van der Waals surface area contributed by atoms with E-state index in [1.54, 1.807) is 0 Å². The fraction of sp³-hybridized carbons (Fsp3) is 0.486. The van der Waals surface area contributed by atoms with Crippen molar-refractivity contribution in [3.63, 3.8) is 0 Å². The standard InChI is InChI=1S/C35H52N6O3/c1-24-12-27(18-36)33(42)30(15-24)21-39-6-4-8-40(22-31-16-25(2)13-28(19-37)34(31)43)10-11-41(9-5-7-39)23-32-17-26(3)14-29(20-38)35(32)44/h12-17,42-44H,4-11,18-23,36-38H2,1-3H3. The number of aromatic hydroxyl groups is 3. The molecule has 3 aromatic rings. The number of nitrogens with zero attached hydrogens (tertiary/aromatic N) is 3. The van der Waals surface area contributed by atoms with Gasteiger partial charge in [0.2, 0.25) is 0 Å². The summed E-state index contributed by atoms with van der Waals surface area (Å²) >= 11 is 0. The summed E-state index contributed by atoms with van der Waals surface area (Å²) in [6, 6.07) is 12.0. The van der Waals surface area contributed by atoms with Gasteiger partial charge in [-0.1, -0.05) is 53.1 Å². The number of phenols is 3. The molecule has 1 aliphatic heterocycles. The van der Waals surface area contributed by atoms with E-state index in [2.05, 4.69) is 32.9 Å². The van der Waals surface area contributed by atoms with E-state index >= 15 is 0 Å². The molecule has 0 bridgehead atoms. The molecule has 1 aliphatic rings. The van der Waals surface area contributed by atoms with Crippen molar-refractivity contribution in [2.75, 3.05) is 39.3 Å². The normalized spacial score (nSPS) is 16.2. The summed E-state index contributed by atoms with van der Waals surface area (Å²) in [5.41, 5.74) is 26.1. The van der Waals surface area contributed by atoms with Crippen molar-refractivity contribution >= 4 is 0 Å². The van der Waals surface area contributed by atoms with Gasteiger partial charge >= 0.3 is 0 Å². The van der Waals surface area contributed by atoms with Gasteiger partial charge in [-0.05, 0) is 59.8 Å². The second-order valence-electron chi connectivity index (χ2n) is 12.4. The largest absolute Gasteiger partial charge is 0.507 e. The lowest BCUT2D eigenvalue weighted by molar-refractivity contribution is 0.192. The first-order chi connectivity index (χ1) is 21.1. The Labute approximate surface area is 262 Å². The molecule has 1 fully saturated rings. The van der Waals surface area contributed by atoms with Crippen LogP contribution >= 0.6 is 0 Å². The van der Waals surface area contributed by atoms with Crippen LogP contribution in [-0.4, -0.2) is 69.3 Å². The predicted octanol–water partition coefficient (Wildman–Crippen LogP) is 3.70. The molecule has 0 aromatic heterocycles. The Morgan fingerprint density at radius 2 is 0.705 bits per heavy atom. The highest BCUT2D eigenvalue weighted by Gasteiger charge is 2.20. The first-order valence-corrected chi connectivity index (χ1v) is 15.8. The molecule has 0 amide bonds. The quantitative estimate of drug-likeness (QED) is 0.215. The molecule has 4 rings (SSSR count). The number of benzene rings is 3. The van der Waals surface area contributed by atoms with E-state index in [4.69, 9.17) is 17.2 Å². The zero-order valence-corrected chi connectivity index (χ0v) is 26.8. The topological polar surface area (TPSA) is 148 Å². The molecule has 0 spiro atoms. The SMILES string of the molecule is Cc1cc(CN)c(O)c(CN2CCCN(Cc3cc(C)cc(CN)c3O)CCN(Cc3cc(C)cc(CN)c3O)CCC2)c1. The molecule has 9 N–H and O–H groups in total. The Kier molecular flexibility index (Phi) is 12.0. The average Bonchev–Trinajstić information content (AvgIpc) is 3.03. The van der Waals surface area contributed by atoms with Crippen LogP contribution < -0.4 is 17.2 Å². The first kappa shape index (κ1) is 33.7. The summed E-state index contributed by atoms with van der Waals surface area (Å²) in [5.74, 6) is 0.873. The maximum Gasteiger partial charge on any atom is 0.124 e. The Hall–Kier alpha value is -3.18. The summed E-state index contributed by atoms with van der Waals surface area (Å²) in [6.07, 6.45) is 1.90. The average molecular weight is 605 g/mol. The minimum Gasteiger partial charge on any atom is -0.507 e. The Morgan fingerprint density at radius 3 is 0.977 bits per heavy atom. The van der Waals surface area contributed by atoms with Crippen LogP contribution in [0.25, 0.3) is 0 Å². The first-order valence-electron chi connectivity index (χ1n) is 15.8. The summed E-state index contributed by atoms with van der Waals surface area (Å²) in [7, 11) is 0. The Balaban J connectivity index is 1.59. The number of phenolic OH excluding ortho intramolecular Hbond substituents is 3. The summed E-state index contributed by atoms with van der Waals surface area (Å²) in [6.45, 7) is 14.0. The van der Waals surface area contributed by atoms with Crippen LogP contribution in [0.5, 0.6) is 17.2 Å². The van der Waals surface area contributed by atoms with E-state index in [0.29, 0.717) is 45.0 Å². The minimum atomic E-state index is 0.288. The molecule has 44 heavy (non-hydrogen) atoms. The second kappa shape index (κ2) is 15.7. The van der Waals surface area contributed by atoms with Crippen molar-refractivity contribution in [3.05, 3.63) is 86.5 Å². The van der Waals surface area contributed by atoms with Gasteiger partial charge in [-0.3, -0.25) is 14.7 Å². The van der Waals surface area contributed by atoms with Gasteiger partial charge < -0.3 is 32.5 Å². The van der Waals surface area contributed by atoms with Crippen molar-refractivity contribution in [2.45, 2.75) is 72.9 Å². The molecule has 9 nitrogen and oxygen atoms in total. The summed E-state index contributed by atoms with van der Waals surface area (Å²) in [4.78, 5) is 7.23.